The molecule has 0 aromatic heterocycles. The second kappa shape index (κ2) is 55.4. The summed E-state index contributed by atoms with van der Waals surface area (Å²) < 4.78 is 16.8. The third-order valence-electron chi connectivity index (χ3n) is 11.2. The molecule has 0 amide bonds. The van der Waals surface area contributed by atoms with Gasteiger partial charge in [-0.2, -0.15) is 0 Å². The molecule has 0 bridgehead atoms. The molecule has 0 aromatic carbocycles. The molecule has 0 fully saturated rings. The predicted molar refractivity (Wildman–Crippen MR) is 293 cm³/mol. The first-order chi connectivity index (χ1) is 33.5. The van der Waals surface area contributed by atoms with Crippen LogP contribution in [0.25, 0.3) is 0 Å². The van der Waals surface area contributed by atoms with E-state index in [2.05, 4.69) is 142 Å². The lowest BCUT2D eigenvalue weighted by atomic mass is 10.1. The molecule has 0 rings (SSSR count). The monoisotopic (exact) mass is 941 g/mol. The van der Waals surface area contributed by atoms with E-state index in [1.54, 1.807) is 0 Å². The fourth-order valence-corrected chi connectivity index (χ4v) is 7.10. The molecule has 0 N–H and O–H groups in total. The molecule has 0 saturated carbocycles. The molecule has 0 aliphatic rings. The summed E-state index contributed by atoms with van der Waals surface area (Å²) in [7, 11) is 0. The van der Waals surface area contributed by atoms with Gasteiger partial charge in [0.15, 0.2) is 6.10 Å². The topological polar surface area (TPSA) is 78.9 Å². The van der Waals surface area contributed by atoms with Gasteiger partial charge in [0.25, 0.3) is 0 Å². The van der Waals surface area contributed by atoms with E-state index in [1.807, 2.05) is 0 Å². The average molecular weight is 941 g/mol. The Morgan fingerprint density at radius 1 is 0.309 bits per heavy atom. The maximum Gasteiger partial charge on any atom is 0.306 e. The number of carbonyl (C=O) groups excluding carboxylic acids is 3. The van der Waals surface area contributed by atoms with Crippen molar-refractivity contribution in [2.24, 2.45) is 0 Å². The average Bonchev–Trinajstić information content (AvgIpc) is 3.34. The normalized spacial score (nSPS) is 13.0. The van der Waals surface area contributed by atoms with Gasteiger partial charge in [0, 0.05) is 19.3 Å². The zero-order chi connectivity index (χ0) is 49.3. The smallest absolute Gasteiger partial charge is 0.306 e. The van der Waals surface area contributed by atoms with Crippen molar-refractivity contribution in [3.8, 4) is 0 Å². The molecule has 0 saturated heterocycles. The SMILES string of the molecule is CC/C=C\C/C=C\C/C=C\C/C=C\C/C=C\C/C=C\CCCCCCCCC(=O)OCC(COC(=O)CCCCCCC/C=C\CCCCC)OC(=O)CCCCC/C=C\C/C=C\C/C=C\CC. The molecule has 6 nitrogen and oxygen atoms in total. The van der Waals surface area contributed by atoms with Crippen LogP contribution in [-0.4, -0.2) is 37.2 Å². The van der Waals surface area contributed by atoms with Crippen molar-refractivity contribution in [2.45, 2.75) is 239 Å². The van der Waals surface area contributed by atoms with Gasteiger partial charge >= 0.3 is 17.9 Å². The summed E-state index contributed by atoms with van der Waals surface area (Å²) in [5.41, 5.74) is 0. The molecule has 6 heteroatoms. The maximum absolute atomic E-state index is 12.8. The second-order valence-electron chi connectivity index (χ2n) is 17.7. The molecule has 0 heterocycles. The summed E-state index contributed by atoms with van der Waals surface area (Å²) in [6.45, 7) is 6.33. The summed E-state index contributed by atoms with van der Waals surface area (Å²) in [6, 6.07) is 0. The highest BCUT2D eigenvalue weighted by Gasteiger charge is 2.19. The fourth-order valence-electron chi connectivity index (χ4n) is 7.10. The van der Waals surface area contributed by atoms with Crippen molar-refractivity contribution in [3.63, 3.8) is 0 Å². The number of unbranched alkanes of at least 4 members (excludes halogenated alkanes) is 17. The minimum atomic E-state index is -0.806. The van der Waals surface area contributed by atoms with Gasteiger partial charge < -0.3 is 14.2 Å². The highest BCUT2D eigenvalue weighted by atomic mass is 16.6. The van der Waals surface area contributed by atoms with Gasteiger partial charge in [0.1, 0.15) is 13.2 Å². The van der Waals surface area contributed by atoms with Crippen molar-refractivity contribution < 1.29 is 28.6 Å². The molecule has 1 unspecified atom stereocenters. The van der Waals surface area contributed by atoms with E-state index in [-0.39, 0.29) is 37.5 Å². The number of hydrogen-bond acceptors (Lipinski definition) is 6. The quantitative estimate of drug-likeness (QED) is 0.0262. The number of carbonyl (C=O) groups is 3. The lowest BCUT2D eigenvalue weighted by molar-refractivity contribution is -0.167. The minimum absolute atomic E-state index is 0.102. The van der Waals surface area contributed by atoms with E-state index in [1.165, 1.54) is 44.9 Å². The molecule has 0 aliphatic carbocycles. The fraction of sp³-hybridized carbons (Fsp3) is 0.629. The first-order valence-corrected chi connectivity index (χ1v) is 27.5. The Morgan fingerprint density at radius 3 is 0.926 bits per heavy atom. The Bertz CT molecular complexity index is 1450. The molecule has 0 radical (unpaired) electrons. The Balaban J connectivity index is 4.38. The molecule has 384 valence electrons. The highest BCUT2D eigenvalue weighted by molar-refractivity contribution is 5.71. The Hall–Kier alpha value is -4.19. The summed E-state index contributed by atoms with van der Waals surface area (Å²) in [5.74, 6) is -0.961. The van der Waals surface area contributed by atoms with E-state index < -0.39 is 6.10 Å². The van der Waals surface area contributed by atoms with Gasteiger partial charge in [0.2, 0.25) is 0 Å². The third-order valence-corrected chi connectivity index (χ3v) is 11.2. The maximum atomic E-state index is 12.8. The molecular formula is C62H100O6. The van der Waals surface area contributed by atoms with Crippen LogP contribution in [0.3, 0.4) is 0 Å². The first-order valence-electron chi connectivity index (χ1n) is 27.5. The van der Waals surface area contributed by atoms with Crippen molar-refractivity contribution in [1.82, 2.24) is 0 Å². The van der Waals surface area contributed by atoms with Gasteiger partial charge in [-0.15, -0.1) is 0 Å². The van der Waals surface area contributed by atoms with E-state index >= 15 is 0 Å². The van der Waals surface area contributed by atoms with Gasteiger partial charge in [-0.1, -0.05) is 206 Å². The lowest BCUT2D eigenvalue weighted by Crippen LogP contribution is -2.30. The molecule has 1 atom stereocenters. The zero-order valence-electron chi connectivity index (χ0n) is 43.8. The van der Waals surface area contributed by atoms with Crippen LogP contribution in [0.2, 0.25) is 0 Å². The largest absolute Gasteiger partial charge is 0.462 e. The Labute approximate surface area is 418 Å². The number of ether oxygens (including phenoxy) is 3. The molecule has 0 aliphatic heterocycles. The highest BCUT2D eigenvalue weighted by Crippen LogP contribution is 2.13. The molecule has 0 aromatic rings. The number of allylic oxidation sites excluding steroid dienone is 20. The minimum Gasteiger partial charge on any atom is -0.462 e. The van der Waals surface area contributed by atoms with Crippen LogP contribution in [0.5, 0.6) is 0 Å². The Morgan fingerprint density at radius 2 is 0.574 bits per heavy atom. The zero-order valence-corrected chi connectivity index (χ0v) is 43.8. The predicted octanol–water partition coefficient (Wildman–Crippen LogP) is 18.5. The van der Waals surface area contributed by atoms with Gasteiger partial charge in [-0.3, -0.25) is 14.4 Å². The van der Waals surface area contributed by atoms with Gasteiger partial charge in [0.05, 0.1) is 0 Å². The van der Waals surface area contributed by atoms with Crippen LogP contribution in [0.1, 0.15) is 233 Å². The van der Waals surface area contributed by atoms with Crippen molar-refractivity contribution in [3.05, 3.63) is 122 Å². The van der Waals surface area contributed by atoms with Crippen LogP contribution < -0.4 is 0 Å². The van der Waals surface area contributed by atoms with Crippen LogP contribution >= 0.6 is 0 Å². The van der Waals surface area contributed by atoms with Crippen molar-refractivity contribution >= 4 is 17.9 Å². The summed E-state index contributed by atoms with van der Waals surface area (Å²) >= 11 is 0. The van der Waals surface area contributed by atoms with E-state index in [0.717, 1.165) is 148 Å². The van der Waals surface area contributed by atoms with Crippen LogP contribution in [0, 0.1) is 0 Å². The molecule has 0 spiro atoms. The third kappa shape index (κ3) is 52.8. The van der Waals surface area contributed by atoms with Crippen LogP contribution in [0.4, 0.5) is 0 Å². The van der Waals surface area contributed by atoms with Gasteiger partial charge in [-0.25, -0.2) is 0 Å². The number of rotatable bonds is 48. The van der Waals surface area contributed by atoms with Gasteiger partial charge in [-0.05, 0) is 128 Å². The van der Waals surface area contributed by atoms with Crippen molar-refractivity contribution in [1.29, 1.82) is 0 Å². The summed E-state index contributed by atoms with van der Waals surface area (Å²) in [6.07, 6.45) is 76.2. The van der Waals surface area contributed by atoms with E-state index in [0.29, 0.717) is 12.8 Å². The van der Waals surface area contributed by atoms with Crippen molar-refractivity contribution in [2.75, 3.05) is 13.2 Å². The standard InChI is InChI=1S/C62H100O6/c1-4-7-10-13-16-19-22-25-26-27-28-29-30-31-32-33-34-35-36-38-40-43-46-49-52-55-61(64)67-58-59(57-66-60(63)54-51-48-45-42-39-24-21-18-15-12-9-6-3)68-62(65)56-53-50-47-44-41-37-23-20-17-14-11-8-5-2/h7-8,10-11,16-21,25-26,28-29,31-32,34-35,37,41,59H,4-6,9,12-15,22-24,27,30,33,36,38-40,42-58H2,1-3H3/b10-7-,11-8-,19-16-,20-17-,21-18-,26-25-,29-28-,32-31-,35-34-,41-37-. The number of esters is 3. The molecular weight excluding hydrogens is 841 g/mol. The lowest BCUT2D eigenvalue weighted by Gasteiger charge is -2.18. The van der Waals surface area contributed by atoms with E-state index in [9.17, 15) is 14.4 Å². The number of hydrogen-bond donors (Lipinski definition) is 0. The van der Waals surface area contributed by atoms with Crippen LogP contribution in [-0.2, 0) is 28.6 Å². The van der Waals surface area contributed by atoms with Crippen LogP contribution in [0.15, 0.2) is 122 Å². The first kappa shape index (κ1) is 63.8. The second-order valence-corrected chi connectivity index (χ2v) is 17.7. The van der Waals surface area contributed by atoms with E-state index in [4.69, 9.17) is 14.2 Å². The summed E-state index contributed by atoms with van der Waals surface area (Å²) in [4.78, 5) is 38.0. The Kier molecular flexibility index (Phi) is 52.0. The molecule has 68 heavy (non-hydrogen) atoms. The summed E-state index contributed by atoms with van der Waals surface area (Å²) in [5, 5.41) is 0.